The van der Waals surface area contributed by atoms with Crippen molar-refractivity contribution in [3.8, 4) is 0 Å². The largest absolute Gasteiger partial charge is 0.756 e. The van der Waals surface area contributed by atoms with Crippen molar-refractivity contribution in [3.63, 3.8) is 0 Å². The van der Waals surface area contributed by atoms with Gasteiger partial charge in [-0.1, -0.05) is 463 Å². The molecule has 574 valence electrons. The van der Waals surface area contributed by atoms with Crippen molar-refractivity contribution >= 4 is 19.8 Å². The molecule has 0 N–H and O–H groups in total. The van der Waals surface area contributed by atoms with E-state index < -0.39 is 26.5 Å². The van der Waals surface area contributed by atoms with E-state index in [4.69, 9.17) is 18.5 Å². The first-order valence-electron chi connectivity index (χ1n) is 43.7. The van der Waals surface area contributed by atoms with Gasteiger partial charge in [0.2, 0.25) is 0 Å². The summed E-state index contributed by atoms with van der Waals surface area (Å²) in [6.45, 7) is 4.36. The fourth-order valence-electron chi connectivity index (χ4n) is 14.0. The van der Waals surface area contributed by atoms with Crippen LogP contribution in [0.5, 0.6) is 0 Å². The second-order valence-electron chi connectivity index (χ2n) is 31.6. The molecule has 0 saturated heterocycles. The van der Waals surface area contributed by atoms with Crippen LogP contribution >= 0.6 is 7.82 Å². The number of esters is 2. The first kappa shape index (κ1) is 95.0. The van der Waals surface area contributed by atoms with E-state index in [1.54, 1.807) is 0 Å². The molecule has 0 amide bonds. The van der Waals surface area contributed by atoms with Crippen molar-refractivity contribution in [2.75, 3.05) is 47.5 Å². The Balaban J connectivity index is 3.83. The van der Waals surface area contributed by atoms with Crippen molar-refractivity contribution in [1.82, 2.24) is 0 Å². The summed E-state index contributed by atoms with van der Waals surface area (Å²) in [5.74, 6) is -0.798. The number of carbonyl (C=O) groups is 2. The number of quaternary nitrogens is 1. The van der Waals surface area contributed by atoms with Crippen LogP contribution in [-0.2, 0) is 32.7 Å². The van der Waals surface area contributed by atoms with Crippen molar-refractivity contribution in [2.45, 2.75) is 495 Å². The molecule has 0 fully saturated rings. The van der Waals surface area contributed by atoms with Crippen molar-refractivity contribution in [1.29, 1.82) is 0 Å². The first-order valence-corrected chi connectivity index (χ1v) is 45.2. The maximum absolute atomic E-state index is 12.9. The molecule has 96 heavy (non-hydrogen) atoms. The standard InChI is InChI=1S/C86H172NO8P/c1-6-8-10-12-14-16-18-20-22-24-26-28-30-32-34-36-38-40-42-44-46-48-50-52-54-56-58-60-62-64-66-68-70-72-74-76-78-85(88)92-82-84(83-94-96(90,91)93-81-80-87(3,4)5)95-86(89)79-77-75-73-71-69-67-65-63-61-59-57-55-53-51-49-47-45-43-41-39-37-35-33-31-29-27-25-23-21-19-17-15-13-11-9-7-2/h84H,6-83H2,1-5H3. The summed E-state index contributed by atoms with van der Waals surface area (Å²) in [4.78, 5) is 38.2. The lowest BCUT2D eigenvalue weighted by Crippen LogP contribution is -2.37. The van der Waals surface area contributed by atoms with Crippen molar-refractivity contribution in [2.24, 2.45) is 0 Å². The molecule has 2 atom stereocenters. The van der Waals surface area contributed by atoms with Gasteiger partial charge in [-0.15, -0.1) is 0 Å². The molecule has 0 bridgehead atoms. The summed E-state index contributed by atoms with van der Waals surface area (Å²) in [5.41, 5.74) is 0. The van der Waals surface area contributed by atoms with E-state index >= 15 is 0 Å². The van der Waals surface area contributed by atoms with E-state index in [2.05, 4.69) is 13.8 Å². The van der Waals surface area contributed by atoms with Crippen LogP contribution in [0.15, 0.2) is 0 Å². The van der Waals surface area contributed by atoms with Gasteiger partial charge in [0.15, 0.2) is 6.10 Å². The van der Waals surface area contributed by atoms with Gasteiger partial charge >= 0.3 is 11.9 Å². The molecule has 0 aliphatic rings. The fraction of sp³-hybridized carbons (Fsp3) is 0.977. The second kappa shape index (κ2) is 78.2. The minimum Gasteiger partial charge on any atom is -0.756 e. The molecular weight excluding hydrogens is 1210 g/mol. The summed E-state index contributed by atoms with van der Waals surface area (Å²) < 4.78 is 34.5. The van der Waals surface area contributed by atoms with Crippen LogP contribution in [0.3, 0.4) is 0 Å². The lowest BCUT2D eigenvalue weighted by molar-refractivity contribution is -0.870. The van der Waals surface area contributed by atoms with Gasteiger partial charge in [-0.3, -0.25) is 14.2 Å². The van der Waals surface area contributed by atoms with E-state index in [9.17, 15) is 19.0 Å². The Bertz CT molecular complexity index is 1570. The van der Waals surface area contributed by atoms with Gasteiger partial charge in [0.1, 0.15) is 19.8 Å². The highest BCUT2D eigenvalue weighted by molar-refractivity contribution is 7.45. The van der Waals surface area contributed by atoms with Gasteiger partial charge < -0.3 is 27.9 Å². The zero-order valence-corrected chi connectivity index (χ0v) is 66.8. The van der Waals surface area contributed by atoms with Gasteiger partial charge in [0, 0.05) is 12.8 Å². The minimum atomic E-state index is -4.64. The zero-order valence-electron chi connectivity index (χ0n) is 65.9. The highest BCUT2D eigenvalue weighted by Gasteiger charge is 2.22. The van der Waals surface area contributed by atoms with Crippen molar-refractivity contribution in [3.05, 3.63) is 0 Å². The van der Waals surface area contributed by atoms with Crippen LogP contribution < -0.4 is 4.89 Å². The molecule has 0 spiro atoms. The molecule has 2 unspecified atom stereocenters. The quantitative estimate of drug-likeness (QED) is 0.0256. The zero-order chi connectivity index (χ0) is 69.7. The minimum absolute atomic E-state index is 0.0246. The lowest BCUT2D eigenvalue weighted by Gasteiger charge is -2.28. The molecule has 0 aliphatic carbocycles. The van der Waals surface area contributed by atoms with Crippen LogP contribution in [0.25, 0.3) is 0 Å². The van der Waals surface area contributed by atoms with E-state index in [1.807, 2.05) is 21.1 Å². The van der Waals surface area contributed by atoms with Crippen molar-refractivity contribution < 1.29 is 42.1 Å². The van der Waals surface area contributed by atoms with E-state index in [1.165, 1.54) is 424 Å². The number of likely N-dealkylation sites (N-methyl/N-ethyl adjacent to an activating group) is 1. The number of phosphoric ester groups is 1. The predicted octanol–water partition coefficient (Wildman–Crippen LogP) is 28.6. The number of hydrogen-bond donors (Lipinski definition) is 0. The van der Waals surface area contributed by atoms with Gasteiger partial charge in [-0.05, 0) is 12.8 Å². The molecule has 0 heterocycles. The molecule has 0 rings (SSSR count). The monoisotopic (exact) mass is 1380 g/mol. The average Bonchev–Trinajstić information content (AvgIpc) is 1.43. The average molecular weight is 1380 g/mol. The summed E-state index contributed by atoms with van der Waals surface area (Å²) in [7, 11) is 1.20. The molecule has 0 aromatic rings. The van der Waals surface area contributed by atoms with Gasteiger partial charge in [0.05, 0.1) is 27.7 Å². The summed E-state index contributed by atoms with van der Waals surface area (Å²) >= 11 is 0. The molecular formula is C86H172NO8P. The third-order valence-corrected chi connectivity index (χ3v) is 21.6. The predicted molar refractivity (Wildman–Crippen MR) is 416 cm³/mol. The highest BCUT2D eigenvalue weighted by atomic mass is 31.2. The Morgan fingerprint density at radius 1 is 0.281 bits per heavy atom. The van der Waals surface area contributed by atoms with E-state index in [0.717, 1.165) is 32.1 Å². The molecule has 0 aromatic carbocycles. The lowest BCUT2D eigenvalue weighted by atomic mass is 10.0. The number of nitrogens with zero attached hydrogens (tertiary/aromatic N) is 1. The summed E-state index contributed by atoms with van der Waals surface area (Å²) in [6, 6.07) is 0. The molecule has 0 radical (unpaired) electrons. The molecule has 0 aliphatic heterocycles. The van der Waals surface area contributed by atoms with Gasteiger partial charge in [0.25, 0.3) is 7.82 Å². The topological polar surface area (TPSA) is 111 Å². The number of ether oxygens (including phenoxy) is 2. The number of phosphoric acid groups is 1. The number of rotatable bonds is 84. The second-order valence-corrected chi connectivity index (χ2v) is 33.0. The Morgan fingerprint density at radius 2 is 0.469 bits per heavy atom. The normalized spacial score (nSPS) is 12.9. The first-order chi connectivity index (χ1) is 47.0. The van der Waals surface area contributed by atoms with E-state index in [-0.39, 0.29) is 32.0 Å². The summed E-state index contributed by atoms with van der Waals surface area (Å²) in [6.07, 6.45) is 98.5. The molecule has 10 heteroatoms. The van der Waals surface area contributed by atoms with Crippen LogP contribution in [-0.4, -0.2) is 70.0 Å². The van der Waals surface area contributed by atoms with Gasteiger partial charge in [-0.2, -0.15) is 0 Å². The van der Waals surface area contributed by atoms with Crippen LogP contribution in [0, 0.1) is 0 Å². The third kappa shape index (κ3) is 82.0. The fourth-order valence-corrected chi connectivity index (χ4v) is 14.7. The van der Waals surface area contributed by atoms with Crippen LogP contribution in [0.2, 0.25) is 0 Å². The highest BCUT2D eigenvalue weighted by Crippen LogP contribution is 2.38. The van der Waals surface area contributed by atoms with Gasteiger partial charge in [-0.25, -0.2) is 0 Å². The Labute approximate surface area is 601 Å². The van der Waals surface area contributed by atoms with Crippen LogP contribution in [0.1, 0.15) is 489 Å². The van der Waals surface area contributed by atoms with Crippen LogP contribution in [0.4, 0.5) is 0 Å². The Hall–Kier alpha value is -0.990. The number of unbranched alkanes of at least 4 members (excludes halogenated alkanes) is 70. The molecule has 0 aromatic heterocycles. The maximum Gasteiger partial charge on any atom is 0.306 e. The number of hydrogen-bond acceptors (Lipinski definition) is 8. The Kier molecular flexibility index (Phi) is 77.3. The third-order valence-electron chi connectivity index (χ3n) is 20.6. The molecule has 0 saturated carbocycles. The molecule has 9 nitrogen and oxygen atoms in total. The summed E-state index contributed by atoms with van der Waals surface area (Å²) in [5, 5.41) is 0. The maximum atomic E-state index is 12.9. The number of carbonyl (C=O) groups excluding carboxylic acids is 2. The SMILES string of the molecule is CCCCCCCCCCCCCCCCCCCCCCCCCCCCCCCCCCCCCCC(=O)OCC(COP(=O)([O-])OCC[N+](C)(C)C)OC(=O)CCCCCCCCCCCCCCCCCCCCCCCCCCCCCCCCCCCCCC. The Morgan fingerprint density at radius 3 is 0.667 bits per heavy atom. The van der Waals surface area contributed by atoms with E-state index in [0.29, 0.717) is 17.4 Å². The smallest absolute Gasteiger partial charge is 0.306 e.